The second-order valence-corrected chi connectivity index (χ2v) is 12.4. The Bertz CT molecular complexity index is 1570. The molecule has 1 saturated heterocycles. The smallest absolute Gasteiger partial charge is 0.243 e. The maximum absolute atomic E-state index is 13.3. The first-order valence-electron chi connectivity index (χ1n) is 11.4. The molecule has 178 valence electrons. The van der Waals surface area contributed by atoms with Crippen LogP contribution in [0.3, 0.4) is 0 Å². The first-order valence-corrected chi connectivity index (χ1v) is 14.3. The van der Waals surface area contributed by atoms with Crippen molar-refractivity contribution in [1.29, 1.82) is 0 Å². The van der Waals surface area contributed by atoms with E-state index in [4.69, 9.17) is 0 Å². The summed E-state index contributed by atoms with van der Waals surface area (Å²) in [5, 5.41) is 2.71. The normalized spacial score (nSPS) is 16.4. The lowest BCUT2D eigenvalue weighted by atomic mass is 10.1. The molecular weight excluding hydrogens is 470 g/mol. The molecule has 1 aliphatic heterocycles. The number of aromatic nitrogens is 1. The van der Waals surface area contributed by atoms with Crippen LogP contribution in [0.1, 0.15) is 13.3 Å². The van der Waals surface area contributed by atoms with E-state index in [-0.39, 0.29) is 36.0 Å². The third-order valence-electron chi connectivity index (χ3n) is 6.40. The third kappa shape index (κ3) is 4.02. The SMILES string of the molecule is CCCn1ccc2cc(S(=O)(=O)N3CCN(S(=O)(=O)c4ccc5ccccc5c4)CC3)ccc21. The minimum absolute atomic E-state index is 0.115. The fraction of sp³-hybridized carbons (Fsp3) is 0.280. The molecule has 1 aromatic heterocycles. The highest BCUT2D eigenvalue weighted by molar-refractivity contribution is 7.89. The predicted octanol–water partition coefficient (Wildman–Crippen LogP) is 3.90. The van der Waals surface area contributed by atoms with Gasteiger partial charge in [-0.2, -0.15) is 8.61 Å². The zero-order chi connectivity index (χ0) is 23.9. The molecule has 9 heteroatoms. The molecule has 4 aromatic rings. The van der Waals surface area contributed by atoms with Gasteiger partial charge in [0.2, 0.25) is 20.0 Å². The van der Waals surface area contributed by atoms with Crippen molar-refractivity contribution in [2.45, 2.75) is 29.7 Å². The van der Waals surface area contributed by atoms with Gasteiger partial charge in [0.1, 0.15) is 0 Å². The second-order valence-electron chi connectivity index (χ2n) is 8.55. The fourth-order valence-corrected chi connectivity index (χ4v) is 7.47. The van der Waals surface area contributed by atoms with E-state index in [9.17, 15) is 16.8 Å². The average molecular weight is 498 g/mol. The molecule has 3 aromatic carbocycles. The van der Waals surface area contributed by atoms with E-state index in [0.717, 1.165) is 34.6 Å². The summed E-state index contributed by atoms with van der Waals surface area (Å²) in [6.07, 6.45) is 2.97. The third-order valence-corrected chi connectivity index (χ3v) is 10.2. The number of aryl methyl sites for hydroxylation is 1. The Hall–Kier alpha value is -2.72. The van der Waals surface area contributed by atoms with E-state index in [1.54, 1.807) is 30.3 Å². The van der Waals surface area contributed by atoms with Gasteiger partial charge in [-0.1, -0.05) is 37.3 Å². The molecule has 0 saturated carbocycles. The summed E-state index contributed by atoms with van der Waals surface area (Å²) in [5.41, 5.74) is 1.01. The number of nitrogens with zero attached hydrogens (tertiary/aromatic N) is 3. The molecule has 0 amide bonds. The number of sulfonamides is 2. The van der Waals surface area contributed by atoms with E-state index in [1.165, 1.54) is 8.61 Å². The molecule has 0 atom stereocenters. The van der Waals surface area contributed by atoms with Crippen LogP contribution in [-0.4, -0.2) is 56.2 Å². The Morgan fingerprint density at radius 2 is 1.24 bits per heavy atom. The van der Waals surface area contributed by atoms with Crippen molar-refractivity contribution in [2.75, 3.05) is 26.2 Å². The van der Waals surface area contributed by atoms with Crippen molar-refractivity contribution in [3.63, 3.8) is 0 Å². The van der Waals surface area contributed by atoms with Gasteiger partial charge < -0.3 is 4.57 Å². The van der Waals surface area contributed by atoms with Crippen LogP contribution < -0.4 is 0 Å². The maximum atomic E-state index is 13.3. The van der Waals surface area contributed by atoms with Gasteiger partial charge in [-0.25, -0.2) is 16.8 Å². The van der Waals surface area contributed by atoms with Crippen LogP contribution in [-0.2, 0) is 26.6 Å². The Morgan fingerprint density at radius 3 is 1.85 bits per heavy atom. The van der Waals surface area contributed by atoms with Gasteiger partial charge in [-0.3, -0.25) is 0 Å². The monoisotopic (exact) mass is 497 g/mol. The lowest BCUT2D eigenvalue weighted by Gasteiger charge is -2.33. The number of hydrogen-bond donors (Lipinski definition) is 0. The van der Waals surface area contributed by atoms with Crippen molar-refractivity contribution in [3.8, 4) is 0 Å². The molecule has 0 unspecified atom stereocenters. The van der Waals surface area contributed by atoms with Crippen molar-refractivity contribution < 1.29 is 16.8 Å². The Morgan fingerprint density at radius 1 is 0.676 bits per heavy atom. The zero-order valence-corrected chi connectivity index (χ0v) is 20.6. The molecule has 0 radical (unpaired) electrons. The molecule has 0 bridgehead atoms. The van der Waals surface area contributed by atoms with Crippen LogP contribution in [0.4, 0.5) is 0 Å². The highest BCUT2D eigenvalue weighted by Crippen LogP contribution is 2.26. The largest absolute Gasteiger partial charge is 0.347 e. The van der Waals surface area contributed by atoms with Crippen LogP contribution in [0.25, 0.3) is 21.7 Å². The quantitative estimate of drug-likeness (QED) is 0.405. The van der Waals surface area contributed by atoms with Crippen LogP contribution in [0.5, 0.6) is 0 Å². The summed E-state index contributed by atoms with van der Waals surface area (Å²) in [6, 6.07) is 19.8. The first kappa shape index (κ1) is 23.0. The zero-order valence-electron chi connectivity index (χ0n) is 19.0. The van der Waals surface area contributed by atoms with Crippen LogP contribution in [0.15, 0.2) is 82.7 Å². The molecule has 0 spiro atoms. The summed E-state index contributed by atoms with van der Waals surface area (Å²) in [4.78, 5) is 0.463. The summed E-state index contributed by atoms with van der Waals surface area (Å²) in [5.74, 6) is 0. The van der Waals surface area contributed by atoms with E-state index in [2.05, 4.69) is 11.5 Å². The predicted molar refractivity (Wildman–Crippen MR) is 134 cm³/mol. The second kappa shape index (κ2) is 8.81. The van der Waals surface area contributed by atoms with Crippen molar-refractivity contribution in [3.05, 3.63) is 72.9 Å². The lowest BCUT2D eigenvalue weighted by molar-refractivity contribution is 0.273. The molecule has 1 aliphatic rings. The number of fused-ring (bicyclic) bond motifs is 2. The van der Waals surface area contributed by atoms with Crippen LogP contribution >= 0.6 is 0 Å². The maximum Gasteiger partial charge on any atom is 0.243 e. The van der Waals surface area contributed by atoms with Crippen LogP contribution in [0, 0.1) is 0 Å². The van der Waals surface area contributed by atoms with Gasteiger partial charge in [0, 0.05) is 49.8 Å². The molecule has 34 heavy (non-hydrogen) atoms. The Balaban J connectivity index is 1.34. The van der Waals surface area contributed by atoms with E-state index in [0.29, 0.717) is 0 Å². The molecule has 0 N–H and O–H groups in total. The van der Waals surface area contributed by atoms with Gasteiger partial charge in [0.15, 0.2) is 0 Å². The summed E-state index contributed by atoms with van der Waals surface area (Å²) >= 11 is 0. The van der Waals surface area contributed by atoms with Crippen molar-refractivity contribution >= 4 is 41.7 Å². The summed E-state index contributed by atoms with van der Waals surface area (Å²) in [6.45, 7) is 3.44. The minimum atomic E-state index is -3.72. The van der Waals surface area contributed by atoms with Gasteiger partial charge in [0.05, 0.1) is 9.79 Å². The van der Waals surface area contributed by atoms with E-state index in [1.807, 2.05) is 42.6 Å². The fourth-order valence-electron chi connectivity index (χ4n) is 4.55. The number of hydrogen-bond acceptors (Lipinski definition) is 4. The van der Waals surface area contributed by atoms with Crippen LogP contribution in [0.2, 0.25) is 0 Å². The molecule has 1 fully saturated rings. The molecule has 7 nitrogen and oxygen atoms in total. The molecule has 0 aliphatic carbocycles. The molecule has 2 heterocycles. The standard InChI is InChI=1S/C25H27N3O4S2/c1-2-12-26-13-11-22-19-24(9-10-25(22)26)34(31,32)28-16-14-27(15-17-28)33(29,30)23-8-7-20-5-3-4-6-21(20)18-23/h3-11,13,18-19H,2,12,14-17H2,1H3. The minimum Gasteiger partial charge on any atom is -0.347 e. The lowest BCUT2D eigenvalue weighted by Crippen LogP contribution is -2.50. The first-order chi connectivity index (χ1) is 16.3. The van der Waals surface area contributed by atoms with Crippen molar-refractivity contribution in [2.24, 2.45) is 0 Å². The molecular formula is C25H27N3O4S2. The summed E-state index contributed by atoms with van der Waals surface area (Å²) < 4.78 is 57.9. The van der Waals surface area contributed by atoms with Gasteiger partial charge >= 0.3 is 0 Å². The van der Waals surface area contributed by atoms with Gasteiger partial charge in [-0.05, 0) is 53.6 Å². The van der Waals surface area contributed by atoms with Crippen molar-refractivity contribution in [1.82, 2.24) is 13.2 Å². The summed E-state index contributed by atoms with van der Waals surface area (Å²) in [7, 11) is -7.43. The average Bonchev–Trinajstić information content (AvgIpc) is 3.26. The van der Waals surface area contributed by atoms with E-state index < -0.39 is 20.0 Å². The number of piperazine rings is 1. The van der Waals surface area contributed by atoms with Gasteiger partial charge in [-0.15, -0.1) is 0 Å². The highest BCUT2D eigenvalue weighted by Gasteiger charge is 2.34. The Kier molecular flexibility index (Phi) is 5.97. The topological polar surface area (TPSA) is 79.7 Å². The number of benzene rings is 3. The number of rotatable bonds is 6. The Labute approximate surface area is 200 Å². The highest BCUT2D eigenvalue weighted by atomic mass is 32.2. The van der Waals surface area contributed by atoms with Gasteiger partial charge in [0.25, 0.3) is 0 Å². The van der Waals surface area contributed by atoms with E-state index >= 15 is 0 Å². The molecule has 5 rings (SSSR count).